The SMILES string of the molecule is CCC(C)C1=CC=C[C]1[Si](c1ccccc1)(c1ccccc1)c1ccccc1. The van der Waals surface area contributed by atoms with Crippen LogP contribution in [0.1, 0.15) is 20.3 Å². The van der Waals surface area contributed by atoms with Gasteiger partial charge in [-0.05, 0) is 27.9 Å². The van der Waals surface area contributed by atoms with Crippen LogP contribution in [0.4, 0.5) is 0 Å². The van der Waals surface area contributed by atoms with Crippen LogP contribution in [0.2, 0.25) is 0 Å². The van der Waals surface area contributed by atoms with Gasteiger partial charge in [-0.2, -0.15) is 0 Å². The van der Waals surface area contributed by atoms with E-state index in [4.69, 9.17) is 0 Å². The topological polar surface area (TPSA) is 0 Å². The Morgan fingerprint density at radius 2 is 1.11 bits per heavy atom. The van der Waals surface area contributed by atoms with Crippen molar-refractivity contribution in [2.24, 2.45) is 5.92 Å². The molecule has 0 aliphatic heterocycles. The molecule has 0 N–H and O–H groups in total. The highest BCUT2D eigenvalue weighted by atomic mass is 28.3. The van der Waals surface area contributed by atoms with Crippen molar-refractivity contribution in [1.82, 2.24) is 0 Å². The van der Waals surface area contributed by atoms with Crippen LogP contribution in [-0.4, -0.2) is 8.07 Å². The normalized spacial score (nSPS) is 15.4. The summed E-state index contributed by atoms with van der Waals surface area (Å²) < 4.78 is 0. The molecule has 0 nitrogen and oxygen atoms in total. The van der Waals surface area contributed by atoms with Crippen LogP contribution in [0.15, 0.2) is 115 Å². The van der Waals surface area contributed by atoms with E-state index < -0.39 is 8.07 Å². The highest BCUT2D eigenvalue weighted by molar-refractivity contribution is 7.16. The number of rotatable bonds is 6. The van der Waals surface area contributed by atoms with Gasteiger partial charge in [-0.3, -0.25) is 0 Å². The predicted octanol–water partition coefficient (Wildman–Crippen LogP) is 4.81. The van der Waals surface area contributed by atoms with Crippen LogP contribution in [0.25, 0.3) is 0 Å². The third-order valence-electron chi connectivity index (χ3n) is 6.02. The van der Waals surface area contributed by atoms with Crippen LogP contribution < -0.4 is 15.6 Å². The lowest BCUT2D eigenvalue weighted by Crippen LogP contribution is -2.71. The summed E-state index contributed by atoms with van der Waals surface area (Å²) in [6.45, 7) is 4.65. The van der Waals surface area contributed by atoms with Crippen molar-refractivity contribution in [2.75, 3.05) is 0 Å². The van der Waals surface area contributed by atoms with Gasteiger partial charge in [-0.1, -0.05) is 129 Å². The average Bonchev–Trinajstić information content (AvgIpc) is 3.26. The molecule has 1 atom stereocenters. The highest BCUT2D eigenvalue weighted by Crippen LogP contribution is 2.36. The average molecular weight is 380 g/mol. The van der Waals surface area contributed by atoms with E-state index in [-0.39, 0.29) is 0 Å². The minimum Gasteiger partial charge on any atom is -0.0750 e. The van der Waals surface area contributed by atoms with Crippen molar-refractivity contribution in [2.45, 2.75) is 20.3 Å². The van der Waals surface area contributed by atoms with Gasteiger partial charge in [0.2, 0.25) is 0 Å². The van der Waals surface area contributed by atoms with Crippen LogP contribution >= 0.6 is 0 Å². The third kappa shape index (κ3) is 3.10. The maximum absolute atomic E-state index is 2.39. The Morgan fingerprint density at radius 1 is 0.679 bits per heavy atom. The molecule has 1 unspecified atom stereocenters. The summed E-state index contributed by atoms with van der Waals surface area (Å²) >= 11 is 0. The Kier molecular flexibility index (Phi) is 5.45. The van der Waals surface area contributed by atoms with E-state index in [0.29, 0.717) is 5.92 Å². The largest absolute Gasteiger partial charge is 0.163 e. The molecule has 28 heavy (non-hydrogen) atoms. The Bertz CT molecular complexity index is 858. The minimum absolute atomic E-state index is 0.549. The van der Waals surface area contributed by atoms with Crippen LogP contribution in [-0.2, 0) is 0 Å². The molecule has 0 aromatic heterocycles. The van der Waals surface area contributed by atoms with Gasteiger partial charge in [0.15, 0.2) is 8.07 Å². The Labute approximate surface area is 170 Å². The van der Waals surface area contributed by atoms with E-state index in [0.717, 1.165) is 6.42 Å². The first-order chi connectivity index (χ1) is 13.8. The summed E-state index contributed by atoms with van der Waals surface area (Å²) in [5.74, 6) is 0.549. The van der Waals surface area contributed by atoms with E-state index in [2.05, 4.69) is 123 Å². The van der Waals surface area contributed by atoms with Gasteiger partial charge in [0.1, 0.15) is 0 Å². The van der Waals surface area contributed by atoms with Crippen molar-refractivity contribution >= 4 is 23.6 Å². The van der Waals surface area contributed by atoms with Crippen molar-refractivity contribution in [1.29, 1.82) is 0 Å². The number of hydrogen-bond acceptors (Lipinski definition) is 0. The van der Waals surface area contributed by atoms with E-state index in [1.165, 1.54) is 26.7 Å². The maximum atomic E-state index is 2.39. The molecular formula is C27H27Si. The van der Waals surface area contributed by atoms with Crippen molar-refractivity contribution in [3.8, 4) is 0 Å². The minimum atomic E-state index is -2.37. The molecule has 3 aromatic rings. The zero-order valence-electron chi connectivity index (χ0n) is 16.7. The zero-order chi connectivity index (χ0) is 19.4. The molecule has 0 heterocycles. The first-order valence-electron chi connectivity index (χ1n) is 10.2. The van der Waals surface area contributed by atoms with Gasteiger partial charge < -0.3 is 0 Å². The van der Waals surface area contributed by atoms with Gasteiger partial charge in [-0.25, -0.2) is 0 Å². The van der Waals surface area contributed by atoms with Gasteiger partial charge in [0, 0.05) is 5.54 Å². The fraction of sp³-hybridized carbons (Fsp3) is 0.148. The lowest BCUT2D eigenvalue weighted by Gasteiger charge is -2.40. The zero-order valence-corrected chi connectivity index (χ0v) is 17.7. The van der Waals surface area contributed by atoms with Crippen LogP contribution in [0.5, 0.6) is 0 Å². The molecule has 0 spiro atoms. The summed E-state index contributed by atoms with van der Waals surface area (Å²) in [7, 11) is -2.37. The van der Waals surface area contributed by atoms with Gasteiger partial charge in [-0.15, -0.1) is 0 Å². The molecule has 3 aromatic carbocycles. The van der Waals surface area contributed by atoms with E-state index in [9.17, 15) is 0 Å². The van der Waals surface area contributed by atoms with E-state index in [1.807, 2.05) is 0 Å². The van der Waals surface area contributed by atoms with Crippen molar-refractivity contribution in [3.63, 3.8) is 0 Å². The molecule has 0 saturated carbocycles. The monoisotopic (exact) mass is 379 g/mol. The maximum Gasteiger partial charge on any atom is 0.163 e. The molecule has 0 bridgehead atoms. The summed E-state index contributed by atoms with van der Waals surface area (Å²) in [5.41, 5.74) is 3.04. The second kappa shape index (κ2) is 8.16. The summed E-state index contributed by atoms with van der Waals surface area (Å²) in [6.07, 6.45) is 8.15. The van der Waals surface area contributed by atoms with Crippen LogP contribution in [0.3, 0.4) is 0 Å². The standard InChI is InChI=1S/C27H27Si/c1-3-22(2)26-20-13-21-27(26)28(23-14-7-4-8-15-23,24-16-9-5-10-17-24)25-18-11-6-12-19-25/h4-22H,3H2,1-2H3. The summed E-state index contributed by atoms with van der Waals surface area (Å²) in [5, 5.41) is 4.34. The quantitative estimate of drug-likeness (QED) is 0.426. The molecule has 1 radical (unpaired) electrons. The number of hydrogen-bond donors (Lipinski definition) is 0. The second-order valence-corrected chi connectivity index (χ2v) is 11.3. The number of benzene rings is 3. The van der Waals surface area contributed by atoms with Gasteiger partial charge in [0.25, 0.3) is 0 Å². The van der Waals surface area contributed by atoms with Crippen molar-refractivity contribution < 1.29 is 0 Å². The summed E-state index contributed by atoms with van der Waals surface area (Å²) in [4.78, 5) is 0. The van der Waals surface area contributed by atoms with Crippen LogP contribution in [0, 0.1) is 11.5 Å². The smallest absolute Gasteiger partial charge is 0.0750 e. The Hall–Kier alpha value is -2.64. The lowest BCUT2D eigenvalue weighted by molar-refractivity contribution is 0.661. The fourth-order valence-electron chi connectivity index (χ4n) is 4.46. The molecule has 0 fully saturated rings. The highest BCUT2D eigenvalue weighted by Gasteiger charge is 2.48. The number of allylic oxidation sites excluding steroid dienone is 4. The first-order valence-corrected chi connectivity index (χ1v) is 12.2. The molecule has 139 valence electrons. The van der Waals surface area contributed by atoms with E-state index in [1.54, 1.807) is 0 Å². The lowest BCUT2D eigenvalue weighted by atomic mass is 9.97. The first kappa shape index (κ1) is 18.7. The van der Waals surface area contributed by atoms with Gasteiger partial charge in [0.05, 0.1) is 0 Å². The molecule has 1 aliphatic carbocycles. The molecule has 4 rings (SSSR count). The predicted molar refractivity (Wildman–Crippen MR) is 124 cm³/mol. The van der Waals surface area contributed by atoms with E-state index >= 15 is 0 Å². The Morgan fingerprint density at radius 3 is 1.50 bits per heavy atom. The summed E-state index contributed by atoms with van der Waals surface area (Å²) in [6, 6.07) is 33.5. The second-order valence-electron chi connectivity index (χ2n) is 7.55. The third-order valence-corrected chi connectivity index (χ3v) is 10.9. The molecule has 1 heteroatoms. The molecule has 1 aliphatic rings. The molecule has 0 saturated heterocycles. The molecular weight excluding hydrogens is 352 g/mol. The fourth-order valence-corrected chi connectivity index (χ4v) is 9.58. The van der Waals surface area contributed by atoms with Gasteiger partial charge >= 0.3 is 0 Å². The Balaban J connectivity index is 2.05. The molecule has 0 amide bonds. The van der Waals surface area contributed by atoms with Crippen molar-refractivity contribution in [3.05, 3.63) is 120 Å².